The van der Waals surface area contributed by atoms with Gasteiger partial charge in [-0.05, 0) is 56.7 Å². The maximum absolute atomic E-state index is 6.65. The third-order valence-electron chi connectivity index (χ3n) is 6.67. The Morgan fingerprint density at radius 3 is 2.24 bits per heavy atom. The standard InChI is InChI=1S/C29H37N3O/c1-30-20-17-28(25-13-7-4-8-14-25)33-29-16-10-9-15-27(29)32-21-18-26(19-22-32)31(2)23-24-11-5-3-6-12-24/h3-16,26,28,30H,17-23H2,1-2H3. The lowest BCUT2D eigenvalue weighted by Crippen LogP contribution is -2.43. The fourth-order valence-corrected chi connectivity index (χ4v) is 4.76. The smallest absolute Gasteiger partial charge is 0.143 e. The fraction of sp³-hybridized carbons (Fsp3) is 0.379. The third kappa shape index (κ3) is 6.37. The van der Waals surface area contributed by atoms with Crippen LogP contribution in [-0.2, 0) is 6.54 Å². The van der Waals surface area contributed by atoms with E-state index in [1.807, 2.05) is 7.05 Å². The number of anilines is 1. The number of hydrogen-bond acceptors (Lipinski definition) is 4. The van der Waals surface area contributed by atoms with Gasteiger partial charge in [-0.15, -0.1) is 0 Å². The fourth-order valence-electron chi connectivity index (χ4n) is 4.76. The average molecular weight is 444 g/mol. The van der Waals surface area contributed by atoms with E-state index >= 15 is 0 Å². The number of ether oxygens (including phenoxy) is 1. The van der Waals surface area contributed by atoms with Crippen molar-refractivity contribution < 1.29 is 4.74 Å². The van der Waals surface area contributed by atoms with E-state index in [-0.39, 0.29) is 6.10 Å². The Kier molecular flexibility index (Phi) is 8.40. The summed E-state index contributed by atoms with van der Waals surface area (Å²) in [5.74, 6) is 0.985. The summed E-state index contributed by atoms with van der Waals surface area (Å²) in [6, 6.07) is 30.5. The Labute approximate surface area is 199 Å². The lowest BCUT2D eigenvalue weighted by atomic mass is 10.0. The van der Waals surface area contributed by atoms with Crippen molar-refractivity contribution in [2.75, 3.05) is 38.6 Å². The molecule has 1 aliphatic rings. The molecule has 174 valence electrons. The summed E-state index contributed by atoms with van der Waals surface area (Å²) in [6.07, 6.45) is 3.30. The molecule has 33 heavy (non-hydrogen) atoms. The molecule has 4 heteroatoms. The summed E-state index contributed by atoms with van der Waals surface area (Å²) in [4.78, 5) is 5.01. The van der Waals surface area contributed by atoms with Gasteiger partial charge in [0, 0.05) is 32.1 Å². The molecule has 0 saturated carbocycles. The number of nitrogens with one attached hydrogen (secondary N) is 1. The Morgan fingerprint density at radius 1 is 0.909 bits per heavy atom. The molecule has 1 N–H and O–H groups in total. The first-order chi connectivity index (χ1) is 16.2. The second-order valence-electron chi connectivity index (χ2n) is 9.00. The van der Waals surface area contributed by atoms with Crippen LogP contribution in [0.4, 0.5) is 5.69 Å². The van der Waals surface area contributed by atoms with E-state index in [9.17, 15) is 0 Å². The Balaban J connectivity index is 1.41. The summed E-state index contributed by atoms with van der Waals surface area (Å²) in [7, 11) is 4.26. The van der Waals surface area contributed by atoms with E-state index in [4.69, 9.17) is 4.74 Å². The molecule has 1 atom stereocenters. The molecular formula is C29H37N3O. The molecule has 0 aliphatic carbocycles. The first kappa shape index (κ1) is 23.3. The molecule has 1 heterocycles. The quantitative estimate of drug-likeness (QED) is 0.447. The molecule has 0 amide bonds. The second kappa shape index (κ2) is 11.9. The van der Waals surface area contributed by atoms with Crippen LogP contribution in [0.25, 0.3) is 0 Å². The van der Waals surface area contributed by atoms with Crippen molar-refractivity contribution in [3.05, 3.63) is 96.1 Å². The first-order valence-electron chi connectivity index (χ1n) is 12.2. The van der Waals surface area contributed by atoms with Crippen LogP contribution in [0.5, 0.6) is 5.75 Å². The largest absolute Gasteiger partial charge is 0.484 e. The van der Waals surface area contributed by atoms with Gasteiger partial charge < -0.3 is 15.0 Å². The number of benzene rings is 3. The monoisotopic (exact) mass is 443 g/mol. The van der Waals surface area contributed by atoms with Gasteiger partial charge in [0.25, 0.3) is 0 Å². The highest BCUT2D eigenvalue weighted by Crippen LogP contribution is 2.35. The van der Waals surface area contributed by atoms with Crippen molar-refractivity contribution in [2.24, 2.45) is 0 Å². The van der Waals surface area contributed by atoms with Crippen LogP contribution in [-0.4, -0.2) is 44.7 Å². The third-order valence-corrected chi connectivity index (χ3v) is 6.67. The molecular weight excluding hydrogens is 406 g/mol. The lowest BCUT2D eigenvalue weighted by molar-refractivity contribution is 0.190. The van der Waals surface area contributed by atoms with Crippen LogP contribution in [0.15, 0.2) is 84.9 Å². The molecule has 0 radical (unpaired) electrons. The molecule has 4 rings (SSSR count). The number of hydrogen-bond donors (Lipinski definition) is 1. The van der Waals surface area contributed by atoms with E-state index in [1.54, 1.807) is 0 Å². The van der Waals surface area contributed by atoms with Crippen LogP contribution in [0.1, 0.15) is 36.5 Å². The van der Waals surface area contributed by atoms with E-state index < -0.39 is 0 Å². The molecule has 1 saturated heterocycles. The number of para-hydroxylation sites is 2. The van der Waals surface area contributed by atoms with E-state index in [1.165, 1.54) is 29.7 Å². The van der Waals surface area contributed by atoms with Gasteiger partial charge in [0.2, 0.25) is 0 Å². The van der Waals surface area contributed by atoms with Gasteiger partial charge >= 0.3 is 0 Å². The molecule has 1 unspecified atom stereocenters. The predicted molar refractivity (Wildman–Crippen MR) is 138 cm³/mol. The van der Waals surface area contributed by atoms with Gasteiger partial charge in [-0.25, -0.2) is 0 Å². The van der Waals surface area contributed by atoms with Crippen molar-refractivity contribution in [2.45, 2.75) is 38.0 Å². The zero-order chi connectivity index (χ0) is 22.9. The van der Waals surface area contributed by atoms with Crippen LogP contribution in [0, 0.1) is 0 Å². The topological polar surface area (TPSA) is 27.7 Å². The normalized spacial score (nSPS) is 15.5. The maximum atomic E-state index is 6.65. The van der Waals surface area contributed by atoms with Gasteiger partial charge in [-0.3, -0.25) is 4.90 Å². The van der Waals surface area contributed by atoms with Crippen molar-refractivity contribution >= 4 is 5.69 Å². The van der Waals surface area contributed by atoms with Gasteiger partial charge in [0.05, 0.1) is 5.69 Å². The van der Waals surface area contributed by atoms with Gasteiger partial charge in [-0.2, -0.15) is 0 Å². The lowest BCUT2D eigenvalue weighted by Gasteiger charge is -2.38. The molecule has 3 aromatic carbocycles. The van der Waals surface area contributed by atoms with Gasteiger partial charge in [0.15, 0.2) is 0 Å². The van der Waals surface area contributed by atoms with Crippen LogP contribution in [0.2, 0.25) is 0 Å². The first-order valence-corrected chi connectivity index (χ1v) is 12.2. The SMILES string of the molecule is CNCCC(Oc1ccccc1N1CCC(N(C)Cc2ccccc2)CC1)c1ccccc1. The minimum atomic E-state index is 0.0364. The Bertz CT molecular complexity index is 955. The predicted octanol–water partition coefficient (Wildman–Crippen LogP) is 5.52. The molecule has 1 fully saturated rings. The van der Waals surface area contributed by atoms with Crippen LogP contribution in [0.3, 0.4) is 0 Å². The number of piperidine rings is 1. The Hall–Kier alpha value is -2.82. The highest BCUT2D eigenvalue weighted by atomic mass is 16.5. The molecule has 0 spiro atoms. The van der Waals surface area contributed by atoms with E-state index in [2.05, 4.69) is 107 Å². The highest BCUT2D eigenvalue weighted by Gasteiger charge is 2.25. The highest BCUT2D eigenvalue weighted by molar-refractivity contribution is 5.59. The summed E-state index contributed by atoms with van der Waals surface area (Å²) in [6.45, 7) is 4.03. The zero-order valence-electron chi connectivity index (χ0n) is 20.0. The minimum absolute atomic E-state index is 0.0364. The van der Waals surface area contributed by atoms with Crippen molar-refractivity contribution in [3.8, 4) is 5.75 Å². The van der Waals surface area contributed by atoms with Gasteiger partial charge in [-0.1, -0.05) is 72.8 Å². The number of rotatable bonds is 10. The summed E-state index contributed by atoms with van der Waals surface area (Å²) < 4.78 is 6.65. The van der Waals surface area contributed by atoms with Crippen molar-refractivity contribution in [1.29, 1.82) is 0 Å². The molecule has 1 aliphatic heterocycles. The molecule has 3 aromatic rings. The van der Waals surface area contributed by atoms with Crippen molar-refractivity contribution in [3.63, 3.8) is 0 Å². The van der Waals surface area contributed by atoms with Crippen molar-refractivity contribution in [1.82, 2.24) is 10.2 Å². The molecule has 0 aromatic heterocycles. The number of nitrogens with zero attached hydrogens (tertiary/aromatic N) is 2. The van der Waals surface area contributed by atoms with Crippen LogP contribution < -0.4 is 15.0 Å². The van der Waals surface area contributed by atoms with Gasteiger partial charge in [0.1, 0.15) is 11.9 Å². The van der Waals surface area contributed by atoms with E-state index in [0.717, 1.165) is 38.3 Å². The summed E-state index contributed by atoms with van der Waals surface area (Å²) >= 11 is 0. The van der Waals surface area contributed by atoms with Crippen LogP contribution >= 0.6 is 0 Å². The van der Waals surface area contributed by atoms with E-state index in [0.29, 0.717) is 6.04 Å². The average Bonchev–Trinajstić information content (AvgIpc) is 2.88. The Morgan fingerprint density at radius 2 is 1.55 bits per heavy atom. The zero-order valence-corrected chi connectivity index (χ0v) is 20.0. The second-order valence-corrected chi connectivity index (χ2v) is 9.00. The summed E-state index contributed by atoms with van der Waals surface area (Å²) in [5.41, 5.74) is 3.82. The molecule has 0 bridgehead atoms. The minimum Gasteiger partial charge on any atom is -0.484 e. The maximum Gasteiger partial charge on any atom is 0.143 e. The summed E-state index contributed by atoms with van der Waals surface area (Å²) in [5, 5.41) is 3.27. The molecule has 4 nitrogen and oxygen atoms in total.